The maximum absolute atomic E-state index is 13.2. The quantitative estimate of drug-likeness (QED) is 0.442. The van der Waals surface area contributed by atoms with Crippen molar-refractivity contribution in [2.75, 3.05) is 20.2 Å². The van der Waals surface area contributed by atoms with E-state index in [9.17, 15) is 4.79 Å². The van der Waals surface area contributed by atoms with E-state index in [0.717, 1.165) is 37.9 Å². The predicted octanol–water partition coefficient (Wildman–Crippen LogP) is 6.02. The van der Waals surface area contributed by atoms with Crippen molar-refractivity contribution in [3.8, 4) is 11.5 Å². The van der Waals surface area contributed by atoms with E-state index in [1.54, 1.807) is 19.2 Å². The Labute approximate surface area is 194 Å². The number of ether oxygens (including phenoxy) is 2. The lowest BCUT2D eigenvalue weighted by Gasteiger charge is -2.32. The molecule has 5 heteroatoms. The van der Waals surface area contributed by atoms with Crippen LogP contribution in [0, 0.1) is 5.92 Å². The second kappa shape index (κ2) is 10.6. The van der Waals surface area contributed by atoms with Gasteiger partial charge in [-0.25, -0.2) is 0 Å². The molecule has 1 amide bonds. The standard InChI is InChI=1S/C27H28ClNO3/c1-31-26-12-7-22(18-23(26)19-32-25-10-8-24(28)9-11-25)27(30)29-15-13-21(14-16-29)17-20-5-3-2-4-6-20/h2-12,18,21H,13-17,19H2,1H3. The summed E-state index contributed by atoms with van der Waals surface area (Å²) in [6.45, 7) is 1.89. The molecule has 1 saturated heterocycles. The van der Waals surface area contributed by atoms with E-state index in [4.69, 9.17) is 21.1 Å². The molecule has 0 N–H and O–H groups in total. The highest BCUT2D eigenvalue weighted by atomic mass is 35.5. The summed E-state index contributed by atoms with van der Waals surface area (Å²) in [5.74, 6) is 2.12. The van der Waals surface area contributed by atoms with Gasteiger partial charge in [0.1, 0.15) is 18.1 Å². The minimum Gasteiger partial charge on any atom is -0.496 e. The van der Waals surface area contributed by atoms with Gasteiger partial charge in [0.25, 0.3) is 5.91 Å². The SMILES string of the molecule is COc1ccc(C(=O)N2CCC(Cc3ccccc3)CC2)cc1COc1ccc(Cl)cc1. The van der Waals surface area contributed by atoms with E-state index >= 15 is 0 Å². The molecule has 3 aromatic carbocycles. The van der Waals surface area contributed by atoms with Crippen LogP contribution in [-0.2, 0) is 13.0 Å². The van der Waals surface area contributed by atoms with Crippen LogP contribution in [0.2, 0.25) is 5.02 Å². The molecule has 0 spiro atoms. The van der Waals surface area contributed by atoms with Crippen LogP contribution >= 0.6 is 11.6 Å². The molecule has 4 rings (SSSR count). The van der Waals surface area contributed by atoms with Gasteiger partial charge in [0.05, 0.1) is 7.11 Å². The number of amides is 1. The van der Waals surface area contributed by atoms with Crippen molar-refractivity contribution in [1.29, 1.82) is 0 Å². The third-order valence-corrected chi connectivity index (χ3v) is 6.26. The van der Waals surface area contributed by atoms with Crippen LogP contribution in [-0.4, -0.2) is 31.0 Å². The largest absolute Gasteiger partial charge is 0.496 e. The van der Waals surface area contributed by atoms with Gasteiger partial charge in [0, 0.05) is 29.2 Å². The third-order valence-electron chi connectivity index (χ3n) is 6.00. The van der Waals surface area contributed by atoms with E-state index in [2.05, 4.69) is 24.3 Å². The molecule has 0 radical (unpaired) electrons. The van der Waals surface area contributed by atoms with Crippen LogP contribution in [0.4, 0.5) is 0 Å². The van der Waals surface area contributed by atoms with E-state index in [0.29, 0.717) is 34.6 Å². The molecule has 32 heavy (non-hydrogen) atoms. The molecule has 0 unspecified atom stereocenters. The Morgan fingerprint density at radius 1 is 1.00 bits per heavy atom. The number of hydrogen-bond donors (Lipinski definition) is 0. The highest BCUT2D eigenvalue weighted by molar-refractivity contribution is 6.30. The van der Waals surface area contributed by atoms with Gasteiger partial charge in [-0.3, -0.25) is 4.79 Å². The molecule has 0 atom stereocenters. The Morgan fingerprint density at radius 2 is 1.72 bits per heavy atom. The second-order valence-electron chi connectivity index (χ2n) is 8.19. The molecule has 0 aliphatic carbocycles. The highest BCUT2D eigenvalue weighted by Crippen LogP contribution is 2.26. The van der Waals surface area contributed by atoms with Gasteiger partial charge in [-0.05, 0) is 73.2 Å². The lowest BCUT2D eigenvalue weighted by atomic mass is 9.90. The molecule has 3 aromatic rings. The number of hydrogen-bond acceptors (Lipinski definition) is 3. The number of carbonyl (C=O) groups excluding carboxylic acids is 1. The summed E-state index contributed by atoms with van der Waals surface area (Å²) in [6.07, 6.45) is 3.14. The summed E-state index contributed by atoms with van der Waals surface area (Å²) in [5.41, 5.74) is 2.88. The van der Waals surface area contributed by atoms with Crippen LogP contribution in [0.25, 0.3) is 0 Å². The Morgan fingerprint density at radius 3 is 2.41 bits per heavy atom. The fraction of sp³-hybridized carbons (Fsp3) is 0.296. The molecule has 1 aliphatic rings. The third kappa shape index (κ3) is 5.63. The monoisotopic (exact) mass is 449 g/mol. The van der Waals surface area contributed by atoms with E-state index < -0.39 is 0 Å². The number of rotatable bonds is 7. The molecule has 0 aromatic heterocycles. The summed E-state index contributed by atoms with van der Waals surface area (Å²) in [6, 6.07) is 23.4. The number of benzene rings is 3. The molecular weight excluding hydrogens is 422 g/mol. The van der Waals surface area contributed by atoms with E-state index in [1.165, 1.54) is 5.56 Å². The van der Waals surface area contributed by atoms with Crippen LogP contribution in [0.1, 0.15) is 34.3 Å². The average Bonchev–Trinajstić information content (AvgIpc) is 2.84. The molecule has 0 bridgehead atoms. The topological polar surface area (TPSA) is 38.8 Å². The summed E-state index contributed by atoms with van der Waals surface area (Å²) in [5, 5.41) is 0.662. The van der Waals surface area contributed by atoms with Gasteiger partial charge < -0.3 is 14.4 Å². The van der Waals surface area contributed by atoms with E-state index in [1.807, 2.05) is 41.3 Å². The molecule has 1 aliphatic heterocycles. The molecule has 1 fully saturated rings. The number of nitrogens with zero attached hydrogens (tertiary/aromatic N) is 1. The van der Waals surface area contributed by atoms with Crippen molar-refractivity contribution in [1.82, 2.24) is 4.90 Å². The molecular formula is C27H28ClNO3. The van der Waals surface area contributed by atoms with Crippen molar-refractivity contribution < 1.29 is 14.3 Å². The van der Waals surface area contributed by atoms with Crippen molar-refractivity contribution in [2.45, 2.75) is 25.9 Å². The first kappa shape index (κ1) is 22.2. The summed E-state index contributed by atoms with van der Waals surface area (Å²) < 4.78 is 11.4. The maximum Gasteiger partial charge on any atom is 0.253 e. The van der Waals surface area contributed by atoms with Crippen molar-refractivity contribution in [3.05, 3.63) is 94.5 Å². The summed E-state index contributed by atoms with van der Waals surface area (Å²) >= 11 is 5.94. The van der Waals surface area contributed by atoms with Crippen LogP contribution in [0.15, 0.2) is 72.8 Å². The van der Waals surface area contributed by atoms with Gasteiger partial charge in [-0.15, -0.1) is 0 Å². The molecule has 0 saturated carbocycles. The number of likely N-dealkylation sites (tertiary alicyclic amines) is 1. The lowest BCUT2D eigenvalue weighted by Crippen LogP contribution is -2.39. The Kier molecular flexibility index (Phi) is 7.33. The van der Waals surface area contributed by atoms with Crippen molar-refractivity contribution >= 4 is 17.5 Å². The van der Waals surface area contributed by atoms with Crippen LogP contribution in [0.3, 0.4) is 0 Å². The van der Waals surface area contributed by atoms with Gasteiger partial charge in [-0.2, -0.15) is 0 Å². The first-order valence-electron chi connectivity index (χ1n) is 11.0. The number of methoxy groups -OCH3 is 1. The Hall–Kier alpha value is -2.98. The zero-order valence-corrected chi connectivity index (χ0v) is 19.1. The minimum absolute atomic E-state index is 0.0681. The average molecular weight is 450 g/mol. The minimum atomic E-state index is 0.0681. The maximum atomic E-state index is 13.2. The second-order valence-corrected chi connectivity index (χ2v) is 8.63. The summed E-state index contributed by atoms with van der Waals surface area (Å²) in [7, 11) is 1.63. The van der Waals surface area contributed by atoms with E-state index in [-0.39, 0.29) is 5.91 Å². The predicted molar refractivity (Wildman–Crippen MR) is 128 cm³/mol. The Bertz CT molecular complexity index is 1030. The molecule has 166 valence electrons. The normalized spacial score (nSPS) is 14.2. The number of carbonyl (C=O) groups is 1. The summed E-state index contributed by atoms with van der Waals surface area (Å²) in [4.78, 5) is 15.1. The fourth-order valence-corrected chi connectivity index (χ4v) is 4.31. The van der Waals surface area contributed by atoms with Gasteiger partial charge >= 0.3 is 0 Å². The number of halogens is 1. The van der Waals surface area contributed by atoms with Crippen molar-refractivity contribution in [2.24, 2.45) is 5.92 Å². The van der Waals surface area contributed by atoms with Gasteiger partial charge in [-0.1, -0.05) is 41.9 Å². The zero-order valence-electron chi connectivity index (χ0n) is 18.3. The first-order valence-corrected chi connectivity index (χ1v) is 11.4. The van der Waals surface area contributed by atoms with Gasteiger partial charge in [0.15, 0.2) is 0 Å². The van der Waals surface area contributed by atoms with Gasteiger partial charge in [0.2, 0.25) is 0 Å². The zero-order chi connectivity index (χ0) is 22.3. The molecule has 1 heterocycles. The smallest absolute Gasteiger partial charge is 0.253 e. The molecule has 4 nitrogen and oxygen atoms in total. The van der Waals surface area contributed by atoms with Crippen LogP contribution < -0.4 is 9.47 Å². The lowest BCUT2D eigenvalue weighted by molar-refractivity contribution is 0.0690. The number of piperidine rings is 1. The van der Waals surface area contributed by atoms with Crippen LogP contribution in [0.5, 0.6) is 11.5 Å². The highest BCUT2D eigenvalue weighted by Gasteiger charge is 2.24. The van der Waals surface area contributed by atoms with Crippen molar-refractivity contribution in [3.63, 3.8) is 0 Å². The first-order chi connectivity index (χ1) is 15.6. The Balaban J connectivity index is 1.38. The fourth-order valence-electron chi connectivity index (χ4n) is 4.19.